The van der Waals surface area contributed by atoms with E-state index in [0.29, 0.717) is 6.42 Å². The average Bonchev–Trinajstić information content (AvgIpc) is 2.37. The molecule has 0 radical (unpaired) electrons. The van der Waals surface area contributed by atoms with Crippen molar-refractivity contribution in [1.29, 1.82) is 0 Å². The van der Waals surface area contributed by atoms with E-state index in [1.807, 2.05) is 37.3 Å². The quantitative estimate of drug-likeness (QED) is 0.819. The number of anilines is 1. The van der Waals surface area contributed by atoms with Gasteiger partial charge in [0.25, 0.3) is 0 Å². The molecule has 0 amide bonds. The highest BCUT2D eigenvalue weighted by Crippen LogP contribution is 2.18. The molecule has 19 heavy (non-hydrogen) atoms. The Bertz CT molecular complexity index is 532. The molecule has 0 saturated heterocycles. The molecule has 2 aromatic carbocycles. The maximum Gasteiger partial charge on any atom is 0.194 e. The van der Waals surface area contributed by atoms with Crippen LogP contribution < -0.4 is 5.32 Å². The third-order valence-corrected chi connectivity index (χ3v) is 2.78. The Labute approximate surface area is 110 Å². The monoisotopic (exact) mass is 265 g/mol. The highest BCUT2D eigenvalue weighted by atomic mass is 19.2. The summed E-state index contributed by atoms with van der Waals surface area (Å²) in [5.74, 6) is -3.81. The van der Waals surface area contributed by atoms with Crippen LogP contribution in [-0.2, 0) is 6.42 Å². The van der Waals surface area contributed by atoms with Gasteiger partial charge in [-0.2, -0.15) is 0 Å². The first kappa shape index (κ1) is 13.5. The van der Waals surface area contributed by atoms with Crippen LogP contribution in [0.15, 0.2) is 42.5 Å². The van der Waals surface area contributed by atoms with Crippen LogP contribution in [0, 0.1) is 17.5 Å². The molecule has 1 N–H and O–H groups in total. The summed E-state index contributed by atoms with van der Waals surface area (Å²) in [6.45, 7) is 1.90. The average molecular weight is 265 g/mol. The van der Waals surface area contributed by atoms with E-state index < -0.39 is 17.5 Å². The highest BCUT2D eigenvalue weighted by molar-refractivity contribution is 5.45. The van der Waals surface area contributed by atoms with Gasteiger partial charge in [-0.15, -0.1) is 0 Å². The molecule has 4 heteroatoms. The van der Waals surface area contributed by atoms with Crippen molar-refractivity contribution in [3.05, 3.63) is 65.5 Å². The molecule has 0 aliphatic carbocycles. The van der Waals surface area contributed by atoms with Gasteiger partial charge in [-0.05, 0) is 18.9 Å². The van der Waals surface area contributed by atoms with Gasteiger partial charge in [-0.3, -0.25) is 0 Å². The smallest absolute Gasteiger partial charge is 0.194 e. The highest BCUT2D eigenvalue weighted by Gasteiger charge is 2.12. The molecule has 0 fully saturated rings. The van der Waals surface area contributed by atoms with Gasteiger partial charge in [-0.25, -0.2) is 13.2 Å². The zero-order valence-corrected chi connectivity index (χ0v) is 10.5. The maximum absolute atomic E-state index is 13.1. The van der Waals surface area contributed by atoms with Gasteiger partial charge in [-0.1, -0.05) is 30.3 Å². The zero-order chi connectivity index (χ0) is 13.8. The third kappa shape index (κ3) is 3.50. The summed E-state index contributed by atoms with van der Waals surface area (Å²) < 4.78 is 38.9. The summed E-state index contributed by atoms with van der Waals surface area (Å²) in [4.78, 5) is 0. The largest absolute Gasteiger partial charge is 0.382 e. The summed E-state index contributed by atoms with van der Waals surface area (Å²) in [5.41, 5.74) is 1.35. The molecule has 2 rings (SSSR count). The second kappa shape index (κ2) is 5.78. The van der Waals surface area contributed by atoms with Gasteiger partial charge in [0.2, 0.25) is 0 Å². The van der Waals surface area contributed by atoms with E-state index in [9.17, 15) is 13.2 Å². The molecule has 0 heterocycles. The minimum atomic E-state index is -1.44. The minimum absolute atomic E-state index is 0.0216. The lowest BCUT2D eigenvalue weighted by molar-refractivity contribution is 0.447. The maximum atomic E-state index is 13.1. The van der Waals surface area contributed by atoms with Crippen molar-refractivity contribution >= 4 is 5.69 Å². The second-order valence-corrected chi connectivity index (χ2v) is 4.49. The summed E-state index contributed by atoms with van der Waals surface area (Å²) in [5, 5.41) is 2.95. The van der Waals surface area contributed by atoms with Crippen LogP contribution in [-0.4, -0.2) is 6.04 Å². The summed E-state index contributed by atoms with van der Waals surface area (Å²) in [7, 11) is 0. The molecule has 1 unspecified atom stereocenters. The van der Waals surface area contributed by atoms with E-state index in [1.165, 1.54) is 0 Å². The van der Waals surface area contributed by atoms with Crippen molar-refractivity contribution in [3.8, 4) is 0 Å². The second-order valence-electron chi connectivity index (χ2n) is 4.49. The standard InChI is InChI=1S/C15H14F3N/c1-10(7-11-5-3-2-4-6-11)19-12-8-13(16)15(18)14(17)9-12/h2-6,8-10,19H,7H2,1H3. The van der Waals surface area contributed by atoms with Gasteiger partial charge < -0.3 is 5.32 Å². The molecule has 0 saturated carbocycles. The van der Waals surface area contributed by atoms with Gasteiger partial charge in [0.05, 0.1) is 0 Å². The molecule has 1 atom stereocenters. The molecule has 0 aliphatic heterocycles. The van der Waals surface area contributed by atoms with Crippen molar-refractivity contribution in [1.82, 2.24) is 0 Å². The van der Waals surface area contributed by atoms with Crippen LogP contribution in [0.4, 0.5) is 18.9 Å². The summed E-state index contributed by atoms with van der Waals surface area (Å²) in [6, 6.07) is 11.6. The zero-order valence-electron chi connectivity index (χ0n) is 10.5. The molecular formula is C15H14F3N. The lowest BCUT2D eigenvalue weighted by atomic mass is 10.1. The summed E-state index contributed by atoms with van der Waals surface area (Å²) in [6.07, 6.45) is 0.710. The number of halogens is 3. The number of rotatable bonds is 4. The van der Waals surface area contributed by atoms with Gasteiger partial charge in [0.15, 0.2) is 17.5 Å². The Kier molecular flexibility index (Phi) is 4.10. The fraction of sp³-hybridized carbons (Fsp3) is 0.200. The Morgan fingerprint density at radius 1 is 1.00 bits per heavy atom. The van der Waals surface area contributed by atoms with E-state index >= 15 is 0 Å². The van der Waals surface area contributed by atoms with Crippen molar-refractivity contribution in [2.45, 2.75) is 19.4 Å². The molecule has 0 spiro atoms. The number of hydrogen-bond donors (Lipinski definition) is 1. The molecule has 1 nitrogen and oxygen atoms in total. The molecule has 100 valence electrons. The fourth-order valence-electron chi connectivity index (χ4n) is 1.94. The minimum Gasteiger partial charge on any atom is -0.382 e. The van der Waals surface area contributed by atoms with E-state index in [-0.39, 0.29) is 11.7 Å². The van der Waals surface area contributed by atoms with Crippen molar-refractivity contribution < 1.29 is 13.2 Å². The van der Waals surface area contributed by atoms with Gasteiger partial charge in [0.1, 0.15) is 0 Å². The van der Waals surface area contributed by atoms with Crippen LogP contribution in [0.1, 0.15) is 12.5 Å². The first-order chi connectivity index (χ1) is 9.06. The molecule has 0 aromatic heterocycles. The van der Waals surface area contributed by atoms with Crippen LogP contribution >= 0.6 is 0 Å². The van der Waals surface area contributed by atoms with Crippen molar-refractivity contribution in [2.24, 2.45) is 0 Å². The molecular weight excluding hydrogens is 251 g/mol. The Hall–Kier alpha value is -1.97. The first-order valence-electron chi connectivity index (χ1n) is 6.01. The lowest BCUT2D eigenvalue weighted by Gasteiger charge is -2.15. The van der Waals surface area contributed by atoms with E-state index in [0.717, 1.165) is 17.7 Å². The number of hydrogen-bond acceptors (Lipinski definition) is 1. The predicted molar refractivity (Wildman–Crippen MR) is 69.5 cm³/mol. The van der Waals surface area contributed by atoms with Crippen LogP contribution in [0.2, 0.25) is 0 Å². The van der Waals surface area contributed by atoms with Crippen LogP contribution in [0.5, 0.6) is 0 Å². The fourth-order valence-corrected chi connectivity index (χ4v) is 1.94. The molecule has 0 bridgehead atoms. The first-order valence-corrected chi connectivity index (χ1v) is 6.01. The Morgan fingerprint density at radius 3 is 2.16 bits per heavy atom. The summed E-state index contributed by atoms with van der Waals surface area (Å²) >= 11 is 0. The Morgan fingerprint density at radius 2 is 1.58 bits per heavy atom. The predicted octanol–water partition coefficient (Wildman–Crippen LogP) is 4.15. The molecule has 2 aromatic rings. The van der Waals surface area contributed by atoms with Gasteiger partial charge in [0, 0.05) is 23.9 Å². The van der Waals surface area contributed by atoms with Crippen LogP contribution in [0.3, 0.4) is 0 Å². The third-order valence-electron chi connectivity index (χ3n) is 2.78. The van der Waals surface area contributed by atoms with E-state index in [2.05, 4.69) is 5.32 Å². The van der Waals surface area contributed by atoms with E-state index in [4.69, 9.17) is 0 Å². The van der Waals surface area contributed by atoms with Gasteiger partial charge >= 0.3 is 0 Å². The topological polar surface area (TPSA) is 12.0 Å². The number of benzene rings is 2. The normalized spacial score (nSPS) is 12.2. The van der Waals surface area contributed by atoms with Crippen LogP contribution in [0.25, 0.3) is 0 Å². The number of nitrogens with one attached hydrogen (secondary N) is 1. The lowest BCUT2D eigenvalue weighted by Crippen LogP contribution is -2.18. The molecule has 0 aliphatic rings. The van der Waals surface area contributed by atoms with E-state index in [1.54, 1.807) is 0 Å². The van der Waals surface area contributed by atoms with Crippen molar-refractivity contribution in [3.63, 3.8) is 0 Å². The van der Waals surface area contributed by atoms with Crippen molar-refractivity contribution in [2.75, 3.05) is 5.32 Å². The SMILES string of the molecule is CC(Cc1ccccc1)Nc1cc(F)c(F)c(F)c1. The Balaban J connectivity index is 2.05.